The molecule has 1 aliphatic rings. The fourth-order valence-corrected chi connectivity index (χ4v) is 2.26. The monoisotopic (exact) mass is 234 g/mol. The quantitative estimate of drug-likeness (QED) is 0.872. The number of aryl methyl sites for hydroxylation is 1. The average molecular weight is 234 g/mol. The first-order chi connectivity index (χ1) is 8.00. The maximum Gasteiger partial charge on any atom is 0.224 e. The van der Waals surface area contributed by atoms with Crippen molar-refractivity contribution >= 4 is 11.8 Å². The van der Waals surface area contributed by atoms with Gasteiger partial charge in [-0.3, -0.25) is 0 Å². The van der Waals surface area contributed by atoms with Gasteiger partial charge in [-0.1, -0.05) is 13.8 Å². The van der Waals surface area contributed by atoms with Gasteiger partial charge < -0.3 is 10.2 Å². The zero-order chi connectivity index (χ0) is 12.5. The van der Waals surface area contributed by atoms with Crippen molar-refractivity contribution in [3.8, 4) is 0 Å². The summed E-state index contributed by atoms with van der Waals surface area (Å²) in [6.07, 6.45) is 1.23. The van der Waals surface area contributed by atoms with E-state index in [4.69, 9.17) is 0 Å². The summed E-state index contributed by atoms with van der Waals surface area (Å²) in [7, 11) is 0. The minimum Gasteiger partial charge on any atom is -0.356 e. The van der Waals surface area contributed by atoms with Gasteiger partial charge in [0.1, 0.15) is 5.82 Å². The number of nitrogens with one attached hydrogen (secondary N) is 1. The first kappa shape index (κ1) is 12.1. The molecule has 17 heavy (non-hydrogen) atoms. The Morgan fingerprint density at radius 3 is 2.76 bits per heavy atom. The highest BCUT2D eigenvalue weighted by atomic mass is 15.2. The summed E-state index contributed by atoms with van der Waals surface area (Å²) in [6.45, 7) is 11.7. The van der Waals surface area contributed by atoms with Crippen molar-refractivity contribution in [2.45, 2.75) is 34.1 Å². The number of aromatic nitrogens is 2. The van der Waals surface area contributed by atoms with Crippen LogP contribution in [0.3, 0.4) is 0 Å². The highest BCUT2D eigenvalue weighted by molar-refractivity contribution is 5.45. The molecule has 0 bridgehead atoms. The lowest BCUT2D eigenvalue weighted by molar-refractivity contribution is 0.418. The Kier molecular flexibility index (Phi) is 3.22. The van der Waals surface area contributed by atoms with Crippen LogP contribution in [0.2, 0.25) is 0 Å². The maximum absolute atomic E-state index is 4.57. The molecule has 1 N–H and O–H groups in total. The van der Waals surface area contributed by atoms with Crippen LogP contribution in [0.1, 0.15) is 32.9 Å². The van der Waals surface area contributed by atoms with Gasteiger partial charge in [0.15, 0.2) is 0 Å². The van der Waals surface area contributed by atoms with E-state index in [-0.39, 0.29) is 0 Å². The topological polar surface area (TPSA) is 41.1 Å². The molecule has 94 valence electrons. The van der Waals surface area contributed by atoms with Crippen LogP contribution in [-0.2, 0) is 0 Å². The van der Waals surface area contributed by atoms with Gasteiger partial charge in [0, 0.05) is 31.4 Å². The summed E-state index contributed by atoms with van der Waals surface area (Å²) in [5, 5.41) is 3.18. The van der Waals surface area contributed by atoms with Gasteiger partial charge in [-0.05, 0) is 25.7 Å². The first-order valence-corrected chi connectivity index (χ1v) is 6.35. The Bertz CT molecular complexity index is 400. The lowest BCUT2D eigenvalue weighted by Gasteiger charge is -2.21. The van der Waals surface area contributed by atoms with E-state index in [1.807, 2.05) is 6.92 Å². The lowest BCUT2D eigenvalue weighted by atomic mass is 9.93. The van der Waals surface area contributed by atoms with E-state index >= 15 is 0 Å². The summed E-state index contributed by atoms with van der Waals surface area (Å²) in [5.41, 5.74) is 1.42. The summed E-state index contributed by atoms with van der Waals surface area (Å²) in [6, 6.07) is 2.07. The molecule has 1 fully saturated rings. The van der Waals surface area contributed by atoms with Crippen molar-refractivity contribution in [3.05, 3.63) is 11.8 Å². The van der Waals surface area contributed by atoms with Gasteiger partial charge in [0.25, 0.3) is 0 Å². The highest BCUT2D eigenvalue weighted by Crippen LogP contribution is 2.31. The molecule has 0 saturated carbocycles. The molecule has 1 saturated heterocycles. The number of nitrogens with zero attached hydrogens (tertiary/aromatic N) is 3. The van der Waals surface area contributed by atoms with Crippen molar-refractivity contribution in [1.82, 2.24) is 9.97 Å². The normalized spacial score (nSPS) is 18.5. The van der Waals surface area contributed by atoms with E-state index in [1.54, 1.807) is 0 Å². The predicted molar refractivity (Wildman–Crippen MR) is 71.5 cm³/mol. The van der Waals surface area contributed by atoms with Gasteiger partial charge in [0.05, 0.1) is 0 Å². The largest absolute Gasteiger partial charge is 0.356 e. The molecule has 2 rings (SSSR count). The number of hydrogen-bond donors (Lipinski definition) is 1. The van der Waals surface area contributed by atoms with Crippen LogP contribution >= 0.6 is 0 Å². The summed E-state index contributed by atoms with van der Waals surface area (Å²) < 4.78 is 0. The van der Waals surface area contributed by atoms with Crippen molar-refractivity contribution in [3.63, 3.8) is 0 Å². The molecule has 1 aromatic rings. The SMILES string of the molecule is CCNc1nc(C)cc(N2CCC(C)(C)C2)n1. The zero-order valence-electron chi connectivity index (χ0n) is 11.2. The van der Waals surface area contributed by atoms with E-state index in [9.17, 15) is 0 Å². The van der Waals surface area contributed by atoms with E-state index in [1.165, 1.54) is 6.42 Å². The number of rotatable bonds is 3. The van der Waals surface area contributed by atoms with Crippen LogP contribution in [0.15, 0.2) is 6.07 Å². The Morgan fingerprint density at radius 2 is 2.18 bits per heavy atom. The Morgan fingerprint density at radius 1 is 1.41 bits per heavy atom. The first-order valence-electron chi connectivity index (χ1n) is 6.35. The molecule has 4 nitrogen and oxygen atoms in total. The summed E-state index contributed by atoms with van der Waals surface area (Å²) in [4.78, 5) is 11.3. The molecule has 0 aromatic carbocycles. The second-order valence-corrected chi connectivity index (χ2v) is 5.56. The minimum atomic E-state index is 0.400. The molecule has 0 aliphatic carbocycles. The van der Waals surface area contributed by atoms with Crippen LogP contribution in [0.4, 0.5) is 11.8 Å². The molecule has 1 aromatic heterocycles. The summed E-state index contributed by atoms with van der Waals surface area (Å²) in [5.74, 6) is 1.80. The molecule has 4 heteroatoms. The van der Waals surface area contributed by atoms with Crippen LogP contribution in [0.5, 0.6) is 0 Å². The molecule has 0 spiro atoms. The highest BCUT2D eigenvalue weighted by Gasteiger charge is 2.30. The Balaban J connectivity index is 2.21. The minimum absolute atomic E-state index is 0.400. The van der Waals surface area contributed by atoms with Crippen LogP contribution < -0.4 is 10.2 Å². The third kappa shape index (κ3) is 2.87. The maximum atomic E-state index is 4.57. The molecule has 0 radical (unpaired) electrons. The van der Waals surface area contributed by atoms with Crippen LogP contribution in [-0.4, -0.2) is 29.6 Å². The fourth-order valence-electron chi connectivity index (χ4n) is 2.26. The van der Waals surface area contributed by atoms with Crippen molar-refractivity contribution in [2.24, 2.45) is 5.41 Å². The van der Waals surface area contributed by atoms with Crippen molar-refractivity contribution < 1.29 is 0 Å². The Labute approximate surface area is 103 Å². The summed E-state index contributed by atoms with van der Waals surface area (Å²) >= 11 is 0. The number of anilines is 2. The standard InChI is InChI=1S/C13H22N4/c1-5-14-12-15-10(2)8-11(16-12)17-7-6-13(3,4)9-17/h8H,5-7,9H2,1-4H3,(H,14,15,16). The van der Waals surface area contributed by atoms with Crippen LogP contribution in [0, 0.1) is 12.3 Å². The van der Waals surface area contributed by atoms with Gasteiger partial charge in [-0.15, -0.1) is 0 Å². The van der Waals surface area contributed by atoms with Gasteiger partial charge in [-0.25, -0.2) is 4.98 Å². The fraction of sp³-hybridized carbons (Fsp3) is 0.692. The van der Waals surface area contributed by atoms with Gasteiger partial charge >= 0.3 is 0 Å². The third-order valence-corrected chi connectivity index (χ3v) is 3.18. The molecule has 2 heterocycles. The third-order valence-electron chi connectivity index (χ3n) is 3.18. The molecule has 0 amide bonds. The average Bonchev–Trinajstić information content (AvgIpc) is 2.58. The molecular formula is C13H22N4. The predicted octanol–water partition coefficient (Wildman–Crippen LogP) is 2.45. The van der Waals surface area contributed by atoms with E-state index in [0.717, 1.165) is 37.1 Å². The number of hydrogen-bond acceptors (Lipinski definition) is 4. The zero-order valence-corrected chi connectivity index (χ0v) is 11.2. The Hall–Kier alpha value is -1.32. The van der Waals surface area contributed by atoms with Crippen molar-refractivity contribution in [2.75, 3.05) is 29.9 Å². The molecular weight excluding hydrogens is 212 g/mol. The van der Waals surface area contributed by atoms with Crippen molar-refractivity contribution in [1.29, 1.82) is 0 Å². The van der Waals surface area contributed by atoms with E-state index in [0.29, 0.717) is 5.41 Å². The smallest absolute Gasteiger partial charge is 0.224 e. The molecule has 0 atom stereocenters. The second kappa shape index (κ2) is 4.51. The van der Waals surface area contributed by atoms with E-state index in [2.05, 4.69) is 47.0 Å². The van der Waals surface area contributed by atoms with E-state index < -0.39 is 0 Å². The van der Waals surface area contributed by atoms with Crippen LogP contribution in [0.25, 0.3) is 0 Å². The molecule has 1 aliphatic heterocycles. The van der Waals surface area contributed by atoms with Gasteiger partial charge in [-0.2, -0.15) is 4.98 Å². The lowest BCUT2D eigenvalue weighted by Crippen LogP contribution is -2.24. The second-order valence-electron chi connectivity index (χ2n) is 5.56. The van der Waals surface area contributed by atoms with Gasteiger partial charge in [0.2, 0.25) is 5.95 Å². The molecule has 0 unspecified atom stereocenters.